The molecule has 2 bridgehead atoms. The lowest BCUT2D eigenvalue weighted by atomic mass is 9.39. The third-order valence-electron chi connectivity index (χ3n) is 11.1. The summed E-state index contributed by atoms with van der Waals surface area (Å²) in [4.78, 5) is 67.0. The molecule has 8 atom stereocenters. The molecule has 3 aliphatic carbocycles. The first-order valence-corrected chi connectivity index (χ1v) is 15.3. The lowest BCUT2D eigenvalue weighted by Crippen LogP contribution is -2.77. The minimum atomic E-state index is -2.22. The summed E-state index contributed by atoms with van der Waals surface area (Å²) in [7, 11) is 1.16. The van der Waals surface area contributed by atoms with Crippen LogP contribution in [0.2, 0.25) is 0 Å². The molecule has 11 heteroatoms. The number of cyclic esters (lactones) is 1. The fourth-order valence-corrected chi connectivity index (χ4v) is 9.09. The lowest BCUT2D eigenvalue weighted by Gasteiger charge is -2.66. The van der Waals surface area contributed by atoms with E-state index in [1.807, 2.05) is 6.92 Å². The molecule has 4 aliphatic rings. The number of esters is 4. The number of Topliss-reactive ketones (excluding diaryl/α,β-unsaturated/α-hetero) is 1. The summed E-state index contributed by atoms with van der Waals surface area (Å²) in [6.45, 7) is 11.5. The SMILES string of the molecule is C/C=C(\C)C(=O)O[C@H]1C(C)(C)[C@H]([C@@H](OC(C)=O)C(=O)OC)[C@]2(C)C(=O)[C@@]1(O)CC1=C3CC(=O)O[C@@H](c4ccoc4)[C@]3(C)CC[C@@H]12. The van der Waals surface area contributed by atoms with Crippen molar-refractivity contribution < 1.29 is 52.4 Å². The van der Waals surface area contributed by atoms with Gasteiger partial charge in [0.05, 0.1) is 26.1 Å². The van der Waals surface area contributed by atoms with Crippen molar-refractivity contribution in [3.63, 3.8) is 0 Å². The zero-order valence-electron chi connectivity index (χ0n) is 27.1. The Morgan fingerprint density at radius 1 is 1.13 bits per heavy atom. The van der Waals surface area contributed by atoms with Gasteiger partial charge in [-0.3, -0.25) is 14.4 Å². The van der Waals surface area contributed by atoms with E-state index in [0.29, 0.717) is 24.0 Å². The van der Waals surface area contributed by atoms with Gasteiger partial charge in [-0.25, -0.2) is 9.59 Å². The molecule has 2 saturated carbocycles. The van der Waals surface area contributed by atoms with Crippen LogP contribution < -0.4 is 0 Å². The molecular formula is C34H42O11. The maximum atomic E-state index is 14.8. The maximum absolute atomic E-state index is 14.8. The van der Waals surface area contributed by atoms with Crippen LogP contribution in [-0.2, 0) is 42.9 Å². The van der Waals surface area contributed by atoms with Crippen molar-refractivity contribution in [1.82, 2.24) is 0 Å². The minimum Gasteiger partial charge on any atom is -0.472 e. The van der Waals surface area contributed by atoms with Gasteiger partial charge in [-0.2, -0.15) is 0 Å². The number of ketones is 1. The van der Waals surface area contributed by atoms with E-state index in [-0.39, 0.29) is 18.4 Å². The van der Waals surface area contributed by atoms with E-state index < -0.39 is 81.7 Å². The number of allylic oxidation sites excluding steroid dienone is 1. The molecular weight excluding hydrogens is 584 g/mol. The van der Waals surface area contributed by atoms with Gasteiger partial charge in [-0.05, 0) is 44.2 Å². The number of rotatable bonds is 6. The Morgan fingerprint density at radius 3 is 2.40 bits per heavy atom. The number of carbonyl (C=O) groups is 5. The highest BCUT2D eigenvalue weighted by atomic mass is 16.6. The molecule has 1 saturated heterocycles. The van der Waals surface area contributed by atoms with Crippen molar-refractivity contribution in [2.45, 2.75) is 98.1 Å². The standard InChI is InChI=1S/C34H42O11/c1-9-17(2)27(37)45-30-31(4,5)25(24(28(38)41-8)43-18(3)35)33(7)21-10-12-32(6)22(20(21)15-34(30,40)29(33)39)14-23(36)44-26(32)19-11-13-42-16-19/h9,11,13,16,21,24-26,30,40H,10,12,14-15H2,1-8H3/b17-9+/t21-,24+,25-,26-,30-,32+,33+,34-/m0/s1. The number of aliphatic hydroxyl groups is 1. The molecule has 5 rings (SSSR count). The highest BCUT2D eigenvalue weighted by Crippen LogP contribution is 2.69. The van der Waals surface area contributed by atoms with Gasteiger partial charge in [0.15, 0.2) is 11.4 Å². The topological polar surface area (TPSA) is 156 Å². The molecule has 0 aromatic carbocycles. The number of fused-ring (bicyclic) bond motifs is 5. The number of ether oxygens (including phenoxy) is 4. The first-order valence-electron chi connectivity index (χ1n) is 15.3. The van der Waals surface area contributed by atoms with Gasteiger partial charge in [0.2, 0.25) is 6.10 Å². The fraction of sp³-hybridized carbons (Fsp3) is 0.618. The predicted octanol–water partition coefficient (Wildman–Crippen LogP) is 4.33. The summed E-state index contributed by atoms with van der Waals surface area (Å²) in [5, 5.41) is 12.6. The molecule has 11 nitrogen and oxygen atoms in total. The average molecular weight is 627 g/mol. The van der Waals surface area contributed by atoms with E-state index in [4.69, 9.17) is 23.4 Å². The summed E-state index contributed by atoms with van der Waals surface area (Å²) in [5.41, 5.74) is -3.33. The molecule has 0 spiro atoms. The van der Waals surface area contributed by atoms with Crippen LogP contribution in [0.3, 0.4) is 0 Å². The van der Waals surface area contributed by atoms with Crippen molar-refractivity contribution >= 4 is 29.7 Å². The van der Waals surface area contributed by atoms with E-state index in [2.05, 4.69) is 0 Å². The van der Waals surface area contributed by atoms with Crippen molar-refractivity contribution in [2.75, 3.05) is 7.11 Å². The van der Waals surface area contributed by atoms with Crippen LogP contribution in [0, 0.1) is 28.1 Å². The molecule has 1 aromatic heterocycles. The van der Waals surface area contributed by atoms with Crippen LogP contribution in [-0.4, -0.2) is 59.7 Å². The van der Waals surface area contributed by atoms with E-state index in [1.165, 1.54) is 12.5 Å². The summed E-state index contributed by atoms with van der Waals surface area (Å²) < 4.78 is 27.9. The second-order valence-electron chi connectivity index (χ2n) is 13.9. The molecule has 0 unspecified atom stereocenters. The highest BCUT2D eigenvalue weighted by molar-refractivity contribution is 5.99. The van der Waals surface area contributed by atoms with Crippen molar-refractivity contribution in [2.24, 2.45) is 28.1 Å². The van der Waals surface area contributed by atoms with E-state index in [0.717, 1.165) is 19.6 Å². The highest BCUT2D eigenvalue weighted by Gasteiger charge is 2.76. The zero-order chi connectivity index (χ0) is 33.3. The summed E-state index contributed by atoms with van der Waals surface area (Å²) >= 11 is 0. The molecule has 1 N–H and O–H groups in total. The smallest absolute Gasteiger partial charge is 0.347 e. The van der Waals surface area contributed by atoms with Gasteiger partial charge in [-0.15, -0.1) is 0 Å². The van der Waals surface area contributed by atoms with E-state index in [9.17, 15) is 29.1 Å². The van der Waals surface area contributed by atoms with Crippen LogP contribution in [0.15, 0.2) is 45.8 Å². The summed E-state index contributed by atoms with van der Waals surface area (Å²) in [6.07, 6.45) is 1.65. The zero-order valence-corrected chi connectivity index (χ0v) is 27.1. The Kier molecular flexibility index (Phi) is 7.95. The van der Waals surface area contributed by atoms with Crippen LogP contribution in [0.5, 0.6) is 0 Å². The maximum Gasteiger partial charge on any atom is 0.347 e. The van der Waals surface area contributed by atoms with Gasteiger partial charge in [-0.1, -0.05) is 39.3 Å². The van der Waals surface area contributed by atoms with Gasteiger partial charge in [0, 0.05) is 46.6 Å². The Labute approximate surface area is 262 Å². The molecule has 1 aromatic rings. The third kappa shape index (κ3) is 4.68. The average Bonchev–Trinajstić information content (AvgIpc) is 3.51. The second-order valence-corrected chi connectivity index (χ2v) is 13.9. The molecule has 45 heavy (non-hydrogen) atoms. The Hall–Kier alpha value is -3.73. The Bertz CT molecular complexity index is 1500. The normalized spacial score (nSPS) is 36.2. The number of hydrogen-bond donors (Lipinski definition) is 1. The molecule has 2 heterocycles. The van der Waals surface area contributed by atoms with Crippen molar-refractivity contribution in [1.29, 1.82) is 0 Å². The molecule has 0 amide bonds. The lowest BCUT2D eigenvalue weighted by molar-refractivity contribution is -0.247. The van der Waals surface area contributed by atoms with Gasteiger partial charge in [0.1, 0.15) is 12.2 Å². The van der Waals surface area contributed by atoms with E-state index in [1.54, 1.807) is 46.8 Å². The van der Waals surface area contributed by atoms with Crippen LogP contribution >= 0.6 is 0 Å². The summed E-state index contributed by atoms with van der Waals surface area (Å²) in [6, 6.07) is 1.74. The van der Waals surface area contributed by atoms with E-state index >= 15 is 0 Å². The monoisotopic (exact) mass is 626 g/mol. The first kappa shape index (κ1) is 32.7. The molecule has 1 aliphatic heterocycles. The predicted molar refractivity (Wildman–Crippen MR) is 157 cm³/mol. The fourth-order valence-electron chi connectivity index (χ4n) is 9.09. The number of methoxy groups -OCH3 is 1. The number of furan rings is 1. The largest absolute Gasteiger partial charge is 0.472 e. The quantitative estimate of drug-likeness (QED) is 0.208. The van der Waals surface area contributed by atoms with Gasteiger partial charge >= 0.3 is 23.9 Å². The van der Waals surface area contributed by atoms with Crippen LogP contribution in [0.25, 0.3) is 0 Å². The van der Waals surface area contributed by atoms with Gasteiger partial charge in [0.25, 0.3) is 0 Å². The first-order chi connectivity index (χ1) is 21.0. The summed E-state index contributed by atoms with van der Waals surface area (Å²) in [5.74, 6) is -5.08. The Balaban J connectivity index is 1.79. The second kappa shape index (κ2) is 11.0. The van der Waals surface area contributed by atoms with Crippen LogP contribution in [0.4, 0.5) is 0 Å². The molecule has 3 fully saturated rings. The minimum absolute atomic E-state index is 0.0579. The molecule has 244 valence electrons. The van der Waals surface area contributed by atoms with Crippen LogP contribution in [0.1, 0.15) is 85.8 Å². The Morgan fingerprint density at radius 2 is 1.82 bits per heavy atom. The third-order valence-corrected chi connectivity index (χ3v) is 11.1. The number of carbonyl (C=O) groups excluding carboxylic acids is 5. The number of hydrogen-bond acceptors (Lipinski definition) is 11. The molecule has 0 radical (unpaired) electrons. The van der Waals surface area contributed by atoms with Crippen molar-refractivity contribution in [3.05, 3.63) is 47.0 Å². The van der Waals surface area contributed by atoms with Crippen molar-refractivity contribution in [3.8, 4) is 0 Å². The van der Waals surface area contributed by atoms with Gasteiger partial charge < -0.3 is 28.5 Å².